The predicted octanol–water partition coefficient (Wildman–Crippen LogP) is 18.5. The number of carbonyl (C=O) groups is 1. The summed E-state index contributed by atoms with van der Waals surface area (Å²) >= 11 is 0. The van der Waals surface area contributed by atoms with E-state index in [1.807, 2.05) is 21.1 Å². The third-order valence-corrected chi connectivity index (χ3v) is 14.9. The molecule has 0 aliphatic rings. The van der Waals surface area contributed by atoms with Gasteiger partial charge < -0.3 is 19.8 Å². The Bertz CT molecular complexity index is 1230. The number of unbranched alkanes of at least 4 members (excludes halogenated alkanes) is 37. The molecule has 3 unspecified atom stereocenters. The fourth-order valence-corrected chi connectivity index (χ4v) is 9.85. The van der Waals surface area contributed by atoms with Crippen LogP contribution in [-0.4, -0.2) is 73.4 Å². The average Bonchev–Trinajstić information content (AvgIpc) is 3.32. The second-order valence-electron chi connectivity index (χ2n) is 22.1. The van der Waals surface area contributed by atoms with Crippen molar-refractivity contribution in [3.63, 3.8) is 0 Å². The van der Waals surface area contributed by atoms with Crippen molar-refractivity contribution in [1.82, 2.24) is 5.32 Å². The van der Waals surface area contributed by atoms with Gasteiger partial charge in [-0.25, -0.2) is 4.57 Å². The van der Waals surface area contributed by atoms with E-state index in [4.69, 9.17) is 9.05 Å². The van der Waals surface area contributed by atoms with Gasteiger partial charge in [0, 0.05) is 6.42 Å². The van der Waals surface area contributed by atoms with Crippen molar-refractivity contribution >= 4 is 13.7 Å². The van der Waals surface area contributed by atoms with Gasteiger partial charge in [-0.2, -0.15) is 0 Å². The Kier molecular flexibility index (Phi) is 51.6. The first-order valence-corrected chi connectivity index (χ1v) is 31.8. The molecule has 0 saturated carbocycles. The number of aliphatic hydroxyl groups excluding tert-OH is 1. The second kappa shape index (κ2) is 52.6. The zero-order chi connectivity index (χ0) is 51.3. The average molecular weight is 1010 g/mol. The number of aliphatic hydroxyl groups is 1. The molecular formula is C61H120N2O6P+. The van der Waals surface area contributed by atoms with E-state index in [0.29, 0.717) is 23.9 Å². The lowest BCUT2D eigenvalue weighted by Crippen LogP contribution is -2.46. The SMILES string of the molecule is CCCCCCC/C=C\C/C=C\C/C=C\CCCCCCCCC(=O)NC(COP(=O)(O)OCC[N+](C)(C)C)C(O)CCCCCCCCCCCCCCCCCCCCCCCCCCCCC. The number of rotatable bonds is 56. The highest BCUT2D eigenvalue weighted by Gasteiger charge is 2.28. The molecule has 0 heterocycles. The third kappa shape index (κ3) is 54.5. The quantitative estimate of drug-likeness (QED) is 0.0243. The molecule has 0 aliphatic carbocycles. The van der Waals surface area contributed by atoms with Crippen LogP contribution in [0.1, 0.15) is 296 Å². The van der Waals surface area contributed by atoms with Crippen molar-refractivity contribution in [1.29, 1.82) is 0 Å². The summed E-state index contributed by atoms with van der Waals surface area (Å²) in [5.74, 6) is -0.153. The number of allylic oxidation sites excluding steroid dienone is 6. The molecule has 0 radical (unpaired) electrons. The molecule has 3 atom stereocenters. The number of amides is 1. The zero-order valence-corrected chi connectivity index (χ0v) is 48.2. The summed E-state index contributed by atoms with van der Waals surface area (Å²) in [5, 5.41) is 14.1. The minimum atomic E-state index is -4.33. The number of quaternary nitrogens is 1. The van der Waals surface area contributed by atoms with Gasteiger partial charge in [-0.3, -0.25) is 13.8 Å². The Balaban J connectivity index is 4.14. The zero-order valence-electron chi connectivity index (χ0n) is 47.3. The molecule has 0 spiro atoms. The molecule has 0 fully saturated rings. The van der Waals surface area contributed by atoms with Gasteiger partial charge in [0.1, 0.15) is 13.2 Å². The van der Waals surface area contributed by atoms with Crippen molar-refractivity contribution in [3.05, 3.63) is 36.5 Å². The molecule has 9 heteroatoms. The van der Waals surface area contributed by atoms with Gasteiger partial charge in [-0.05, 0) is 51.4 Å². The number of hydrogen-bond acceptors (Lipinski definition) is 5. The maximum absolute atomic E-state index is 13.0. The molecular weight excluding hydrogens is 888 g/mol. The number of hydrogen-bond donors (Lipinski definition) is 3. The highest BCUT2D eigenvalue weighted by atomic mass is 31.2. The molecule has 70 heavy (non-hydrogen) atoms. The Labute approximate surface area is 436 Å². The van der Waals surface area contributed by atoms with Crippen LogP contribution >= 0.6 is 7.82 Å². The van der Waals surface area contributed by atoms with Crippen LogP contribution in [0.5, 0.6) is 0 Å². The molecule has 0 aliphatic heterocycles. The van der Waals surface area contributed by atoms with Crippen LogP contribution < -0.4 is 5.32 Å². The largest absolute Gasteiger partial charge is 0.472 e. The fraction of sp³-hybridized carbons (Fsp3) is 0.885. The monoisotopic (exact) mass is 1010 g/mol. The van der Waals surface area contributed by atoms with E-state index in [9.17, 15) is 19.4 Å². The van der Waals surface area contributed by atoms with Crippen LogP contribution in [0.2, 0.25) is 0 Å². The number of nitrogens with one attached hydrogen (secondary N) is 1. The number of carbonyl (C=O) groups excluding carboxylic acids is 1. The Hall–Kier alpha value is -1.28. The van der Waals surface area contributed by atoms with E-state index in [-0.39, 0.29) is 19.1 Å². The van der Waals surface area contributed by atoms with Crippen molar-refractivity contribution in [2.75, 3.05) is 40.9 Å². The minimum Gasteiger partial charge on any atom is -0.391 e. The first kappa shape index (κ1) is 68.7. The van der Waals surface area contributed by atoms with Gasteiger partial charge in [0.05, 0.1) is 39.9 Å². The lowest BCUT2D eigenvalue weighted by molar-refractivity contribution is -0.870. The molecule has 3 N–H and O–H groups in total. The molecule has 0 saturated heterocycles. The van der Waals surface area contributed by atoms with Crippen LogP contribution in [-0.2, 0) is 18.4 Å². The summed E-state index contributed by atoms with van der Waals surface area (Å²) in [4.78, 5) is 23.4. The van der Waals surface area contributed by atoms with Gasteiger partial charge >= 0.3 is 7.82 Å². The first-order valence-electron chi connectivity index (χ1n) is 30.4. The van der Waals surface area contributed by atoms with Gasteiger partial charge in [0.2, 0.25) is 5.91 Å². The molecule has 0 aromatic carbocycles. The summed E-state index contributed by atoms with van der Waals surface area (Å²) in [5.41, 5.74) is 0. The lowest BCUT2D eigenvalue weighted by Gasteiger charge is -2.26. The van der Waals surface area contributed by atoms with Crippen molar-refractivity contribution in [2.24, 2.45) is 0 Å². The van der Waals surface area contributed by atoms with E-state index >= 15 is 0 Å². The highest BCUT2D eigenvalue weighted by molar-refractivity contribution is 7.47. The van der Waals surface area contributed by atoms with Crippen molar-refractivity contribution in [3.8, 4) is 0 Å². The van der Waals surface area contributed by atoms with Crippen molar-refractivity contribution < 1.29 is 32.9 Å². The van der Waals surface area contributed by atoms with Crippen LogP contribution in [0.3, 0.4) is 0 Å². The van der Waals surface area contributed by atoms with Gasteiger partial charge in [-0.15, -0.1) is 0 Å². The summed E-state index contributed by atoms with van der Waals surface area (Å²) < 4.78 is 23.8. The van der Waals surface area contributed by atoms with Crippen LogP contribution in [0.4, 0.5) is 0 Å². The first-order chi connectivity index (χ1) is 34.0. The normalized spacial score (nSPS) is 14.1. The van der Waals surface area contributed by atoms with Crippen LogP contribution in [0.25, 0.3) is 0 Å². The molecule has 0 rings (SSSR count). The molecule has 0 bridgehead atoms. The van der Waals surface area contributed by atoms with E-state index in [2.05, 4.69) is 55.6 Å². The van der Waals surface area contributed by atoms with Crippen LogP contribution in [0, 0.1) is 0 Å². The standard InChI is InChI=1S/C61H119N2O6P/c1-6-8-10-12-14-16-18-20-22-24-26-28-29-30-31-32-33-35-36-38-40-42-44-46-48-50-52-54-60(64)59(58-69-70(66,67)68-57-56-63(3,4)5)62-61(65)55-53-51-49-47-45-43-41-39-37-34-27-25-23-21-19-17-15-13-11-9-7-2/h19,21,25,27,37,39,59-60,64H,6-18,20,22-24,26,28-36,38,40-58H2,1-5H3,(H-,62,65,66,67)/p+1/b21-19-,27-25-,39-37-. The summed E-state index contributed by atoms with van der Waals surface area (Å²) in [6.45, 7) is 4.90. The predicted molar refractivity (Wildman–Crippen MR) is 304 cm³/mol. The molecule has 0 aromatic heterocycles. The van der Waals surface area contributed by atoms with E-state index in [0.717, 1.165) is 64.2 Å². The number of phosphoric ester groups is 1. The van der Waals surface area contributed by atoms with E-state index in [1.165, 1.54) is 205 Å². The lowest BCUT2D eigenvalue weighted by atomic mass is 10.0. The third-order valence-electron chi connectivity index (χ3n) is 13.9. The smallest absolute Gasteiger partial charge is 0.391 e. The summed E-state index contributed by atoms with van der Waals surface area (Å²) in [6, 6.07) is -0.769. The number of phosphoric acid groups is 1. The Morgan fingerprint density at radius 2 is 0.814 bits per heavy atom. The second-order valence-corrected chi connectivity index (χ2v) is 23.5. The topological polar surface area (TPSA) is 105 Å². The van der Waals surface area contributed by atoms with E-state index < -0.39 is 20.0 Å². The molecule has 414 valence electrons. The summed E-state index contributed by atoms with van der Waals surface area (Å²) in [6.07, 6.45) is 67.8. The van der Waals surface area contributed by atoms with E-state index in [1.54, 1.807) is 0 Å². The maximum Gasteiger partial charge on any atom is 0.472 e. The number of likely N-dealkylation sites (N-methyl/N-ethyl adjacent to an activating group) is 1. The molecule has 1 amide bonds. The van der Waals surface area contributed by atoms with Crippen LogP contribution in [0.15, 0.2) is 36.5 Å². The Morgan fingerprint density at radius 3 is 1.19 bits per heavy atom. The molecule has 0 aromatic rings. The highest BCUT2D eigenvalue weighted by Crippen LogP contribution is 2.43. The van der Waals surface area contributed by atoms with Gasteiger partial charge in [0.25, 0.3) is 0 Å². The maximum atomic E-state index is 13.0. The van der Waals surface area contributed by atoms with Gasteiger partial charge in [-0.1, -0.05) is 275 Å². The fourth-order valence-electron chi connectivity index (χ4n) is 9.12. The molecule has 8 nitrogen and oxygen atoms in total. The number of nitrogens with zero attached hydrogens (tertiary/aromatic N) is 1. The Morgan fingerprint density at radius 1 is 0.486 bits per heavy atom. The van der Waals surface area contributed by atoms with Gasteiger partial charge in [0.15, 0.2) is 0 Å². The van der Waals surface area contributed by atoms with Crippen molar-refractivity contribution in [2.45, 2.75) is 309 Å². The minimum absolute atomic E-state index is 0.0718. The summed E-state index contributed by atoms with van der Waals surface area (Å²) in [7, 11) is 1.61.